The fraction of sp³-hybridized carbons (Fsp3) is 0.235. The normalized spacial score (nSPS) is 11.8. The predicted molar refractivity (Wildman–Crippen MR) is 89.7 cm³/mol. The molecule has 2 aromatic rings. The van der Waals surface area contributed by atoms with E-state index >= 15 is 0 Å². The molecule has 0 aliphatic carbocycles. The molecule has 0 heterocycles. The molecule has 3 nitrogen and oxygen atoms in total. The summed E-state index contributed by atoms with van der Waals surface area (Å²) in [5.74, 6) is 0.301. The molecule has 1 atom stereocenters. The first-order valence-electron chi connectivity index (χ1n) is 6.99. The van der Waals surface area contributed by atoms with Crippen molar-refractivity contribution < 1.29 is 9.53 Å². The number of rotatable bonds is 6. The van der Waals surface area contributed by atoms with Crippen molar-refractivity contribution in [3.05, 3.63) is 64.1 Å². The minimum atomic E-state index is -0.620. The van der Waals surface area contributed by atoms with Gasteiger partial charge in [0.05, 0.1) is 0 Å². The summed E-state index contributed by atoms with van der Waals surface area (Å²) in [4.78, 5) is 12.0. The standard InChI is InChI=1S/C17H17Cl2NO2/c1-12(22-16-10-14(18)9-15(19)11-16)17(21)20-8-7-13-5-3-2-4-6-13/h2-6,9-12H,7-8H2,1H3,(H,20,21). The Morgan fingerprint density at radius 3 is 2.41 bits per heavy atom. The van der Waals surface area contributed by atoms with Crippen LogP contribution in [0.2, 0.25) is 10.0 Å². The van der Waals surface area contributed by atoms with Crippen molar-refractivity contribution in [3.8, 4) is 5.75 Å². The summed E-state index contributed by atoms with van der Waals surface area (Å²) < 4.78 is 5.56. The lowest BCUT2D eigenvalue weighted by molar-refractivity contribution is -0.127. The van der Waals surface area contributed by atoms with Crippen LogP contribution in [0.25, 0.3) is 0 Å². The predicted octanol–water partition coefficient (Wildman–Crippen LogP) is 4.12. The van der Waals surface area contributed by atoms with Crippen molar-refractivity contribution in [2.24, 2.45) is 0 Å². The zero-order chi connectivity index (χ0) is 15.9. The molecule has 0 aliphatic heterocycles. The van der Waals surface area contributed by atoms with E-state index in [4.69, 9.17) is 27.9 Å². The SMILES string of the molecule is CC(Oc1cc(Cl)cc(Cl)c1)C(=O)NCCc1ccccc1. The Hall–Kier alpha value is -1.71. The van der Waals surface area contributed by atoms with Gasteiger partial charge in [0.2, 0.25) is 0 Å². The first kappa shape index (κ1) is 16.7. The monoisotopic (exact) mass is 337 g/mol. The number of benzene rings is 2. The van der Waals surface area contributed by atoms with Gasteiger partial charge in [-0.05, 0) is 37.1 Å². The van der Waals surface area contributed by atoms with Gasteiger partial charge in [0.1, 0.15) is 5.75 Å². The van der Waals surface area contributed by atoms with Crippen LogP contribution in [0, 0.1) is 0 Å². The number of carbonyl (C=O) groups is 1. The van der Waals surface area contributed by atoms with Gasteiger partial charge >= 0.3 is 0 Å². The van der Waals surface area contributed by atoms with Crippen molar-refractivity contribution in [3.63, 3.8) is 0 Å². The van der Waals surface area contributed by atoms with Crippen LogP contribution in [0.3, 0.4) is 0 Å². The number of amides is 1. The van der Waals surface area contributed by atoms with Gasteiger partial charge in [0.15, 0.2) is 6.10 Å². The van der Waals surface area contributed by atoms with E-state index in [9.17, 15) is 4.79 Å². The highest BCUT2D eigenvalue weighted by atomic mass is 35.5. The minimum absolute atomic E-state index is 0.174. The molecular formula is C17H17Cl2NO2. The van der Waals surface area contributed by atoms with Gasteiger partial charge in [-0.15, -0.1) is 0 Å². The third-order valence-corrected chi connectivity index (χ3v) is 3.51. The van der Waals surface area contributed by atoms with Crippen LogP contribution in [-0.4, -0.2) is 18.6 Å². The van der Waals surface area contributed by atoms with Crippen LogP contribution in [0.1, 0.15) is 12.5 Å². The summed E-state index contributed by atoms with van der Waals surface area (Å²) in [6, 6.07) is 14.8. The zero-order valence-corrected chi connectivity index (χ0v) is 13.7. The highest BCUT2D eigenvalue weighted by Crippen LogP contribution is 2.24. The molecule has 0 bridgehead atoms. The Morgan fingerprint density at radius 1 is 1.14 bits per heavy atom. The van der Waals surface area contributed by atoms with E-state index in [0.29, 0.717) is 22.3 Å². The van der Waals surface area contributed by atoms with Crippen LogP contribution in [-0.2, 0) is 11.2 Å². The maximum atomic E-state index is 12.0. The number of nitrogens with one attached hydrogen (secondary N) is 1. The zero-order valence-electron chi connectivity index (χ0n) is 12.2. The summed E-state index contributed by atoms with van der Waals surface area (Å²) in [6.07, 6.45) is 0.160. The third-order valence-electron chi connectivity index (χ3n) is 3.07. The fourth-order valence-electron chi connectivity index (χ4n) is 1.97. The lowest BCUT2D eigenvalue weighted by Crippen LogP contribution is -2.37. The number of hydrogen-bond donors (Lipinski definition) is 1. The maximum Gasteiger partial charge on any atom is 0.260 e. The van der Waals surface area contributed by atoms with Gasteiger partial charge in [-0.2, -0.15) is 0 Å². The summed E-state index contributed by atoms with van der Waals surface area (Å²) in [7, 11) is 0. The number of hydrogen-bond acceptors (Lipinski definition) is 2. The Morgan fingerprint density at radius 2 is 1.77 bits per heavy atom. The van der Waals surface area contributed by atoms with E-state index < -0.39 is 6.10 Å². The van der Waals surface area contributed by atoms with Crippen LogP contribution in [0.5, 0.6) is 5.75 Å². The van der Waals surface area contributed by atoms with Gasteiger partial charge in [0, 0.05) is 16.6 Å². The summed E-state index contributed by atoms with van der Waals surface area (Å²) in [5.41, 5.74) is 1.18. The molecule has 22 heavy (non-hydrogen) atoms. The minimum Gasteiger partial charge on any atom is -0.481 e. The quantitative estimate of drug-likeness (QED) is 0.860. The molecule has 1 amide bonds. The Balaban J connectivity index is 1.81. The Bertz CT molecular complexity index is 612. The van der Waals surface area contributed by atoms with E-state index in [-0.39, 0.29) is 5.91 Å². The van der Waals surface area contributed by atoms with Gasteiger partial charge in [0.25, 0.3) is 5.91 Å². The third kappa shape index (κ3) is 5.24. The molecule has 0 fully saturated rings. The molecule has 0 saturated heterocycles. The molecule has 0 saturated carbocycles. The molecule has 116 valence electrons. The van der Waals surface area contributed by atoms with E-state index in [1.165, 1.54) is 5.56 Å². The summed E-state index contributed by atoms with van der Waals surface area (Å²) >= 11 is 11.8. The van der Waals surface area contributed by atoms with Crippen molar-refractivity contribution in [1.29, 1.82) is 0 Å². The lowest BCUT2D eigenvalue weighted by Gasteiger charge is -2.15. The first-order valence-corrected chi connectivity index (χ1v) is 7.74. The van der Waals surface area contributed by atoms with E-state index in [0.717, 1.165) is 6.42 Å². The summed E-state index contributed by atoms with van der Waals surface area (Å²) in [6.45, 7) is 2.25. The van der Waals surface area contributed by atoms with Crippen LogP contribution >= 0.6 is 23.2 Å². The Labute approximate surface area is 140 Å². The van der Waals surface area contributed by atoms with Crippen LogP contribution in [0.15, 0.2) is 48.5 Å². The summed E-state index contributed by atoms with van der Waals surface area (Å²) in [5, 5.41) is 3.79. The second-order valence-corrected chi connectivity index (χ2v) is 5.76. The highest BCUT2D eigenvalue weighted by Gasteiger charge is 2.14. The molecule has 0 spiro atoms. The van der Waals surface area contributed by atoms with Gasteiger partial charge in [-0.25, -0.2) is 0 Å². The van der Waals surface area contributed by atoms with E-state index in [1.54, 1.807) is 25.1 Å². The van der Waals surface area contributed by atoms with Crippen LogP contribution in [0.4, 0.5) is 0 Å². The van der Waals surface area contributed by atoms with Crippen LogP contribution < -0.4 is 10.1 Å². The Kier molecular flexibility index (Phi) is 6.10. The highest BCUT2D eigenvalue weighted by molar-refractivity contribution is 6.34. The second kappa shape index (κ2) is 8.06. The maximum absolute atomic E-state index is 12.0. The number of ether oxygens (including phenoxy) is 1. The average Bonchev–Trinajstić information content (AvgIpc) is 2.47. The van der Waals surface area contributed by atoms with E-state index in [2.05, 4.69) is 5.32 Å². The molecule has 0 aromatic heterocycles. The fourth-order valence-corrected chi connectivity index (χ4v) is 2.48. The van der Waals surface area contributed by atoms with Crippen molar-refractivity contribution in [2.45, 2.75) is 19.4 Å². The largest absolute Gasteiger partial charge is 0.481 e. The molecule has 5 heteroatoms. The van der Waals surface area contributed by atoms with Crippen molar-refractivity contribution in [1.82, 2.24) is 5.32 Å². The molecule has 0 aliphatic rings. The van der Waals surface area contributed by atoms with Gasteiger partial charge in [-0.3, -0.25) is 4.79 Å². The van der Waals surface area contributed by atoms with Crippen molar-refractivity contribution >= 4 is 29.1 Å². The lowest BCUT2D eigenvalue weighted by atomic mass is 10.1. The second-order valence-electron chi connectivity index (χ2n) is 4.89. The van der Waals surface area contributed by atoms with Crippen molar-refractivity contribution in [2.75, 3.05) is 6.54 Å². The number of carbonyl (C=O) groups excluding carboxylic acids is 1. The smallest absolute Gasteiger partial charge is 0.260 e. The first-order chi connectivity index (χ1) is 10.5. The molecule has 2 rings (SSSR count). The average molecular weight is 338 g/mol. The van der Waals surface area contributed by atoms with Gasteiger partial charge < -0.3 is 10.1 Å². The topological polar surface area (TPSA) is 38.3 Å². The molecule has 1 unspecified atom stereocenters. The van der Waals surface area contributed by atoms with Gasteiger partial charge in [-0.1, -0.05) is 53.5 Å². The molecule has 2 aromatic carbocycles. The molecule has 1 N–H and O–H groups in total. The molecular weight excluding hydrogens is 321 g/mol. The number of halogens is 2. The van der Waals surface area contributed by atoms with E-state index in [1.807, 2.05) is 30.3 Å². The molecule has 0 radical (unpaired) electrons.